The Kier molecular flexibility index (Phi) is 5.03. The Morgan fingerprint density at radius 3 is 2.57 bits per heavy atom. The smallest absolute Gasteiger partial charge is 0.149 e. The van der Waals surface area contributed by atoms with Crippen molar-refractivity contribution in [3.63, 3.8) is 0 Å². The Hall–Kier alpha value is -1.80. The molecule has 0 spiro atoms. The third kappa shape index (κ3) is 3.45. The molecule has 0 fully saturated rings. The topological polar surface area (TPSA) is 75.9 Å². The normalized spacial score (nSPS) is 10.5. The Balaban J connectivity index is 2.42. The number of nitrogens with zero attached hydrogens (tertiary/aromatic N) is 2. The molecular weight excluding hydrogens is 344 g/mol. The highest BCUT2D eigenvalue weighted by molar-refractivity contribution is 9.10. The highest BCUT2D eigenvalue weighted by Gasteiger charge is 2.14. The first kappa shape index (κ1) is 15.6. The molecule has 0 aliphatic heterocycles. The lowest BCUT2D eigenvalue weighted by Gasteiger charge is -2.14. The molecule has 2 aromatic rings. The zero-order chi connectivity index (χ0) is 15.4. The molecule has 2 rings (SSSR count). The first-order chi connectivity index (χ1) is 10.1. The van der Waals surface area contributed by atoms with Gasteiger partial charge in [-0.25, -0.2) is 24.6 Å². The third-order valence-corrected chi connectivity index (χ3v) is 3.45. The van der Waals surface area contributed by atoms with Crippen LogP contribution in [0.4, 0.5) is 26.1 Å². The van der Waals surface area contributed by atoms with Crippen LogP contribution in [-0.4, -0.2) is 9.97 Å². The van der Waals surface area contributed by atoms with Gasteiger partial charge in [0.05, 0.1) is 10.2 Å². The van der Waals surface area contributed by atoms with Crippen LogP contribution in [0.1, 0.15) is 18.9 Å². The monoisotopic (exact) mass is 357 g/mol. The van der Waals surface area contributed by atoms with Crippen LogP contribution in [-0.2, 0) is 6.42 Å². The third-order valence-electron chi connectivity index (χ3n) is 2.85. The first-order valence-electron chi connectivity index (χ1n) is 6.28. The molecule has 0 amide bonds. The van der Waals surface area contributed by atoms with Gasteiger partial charge in [-0.15, -0.1) is 0 Å². The second kappa shape index (κ2) is 6.77. The molecule has 0 aliphatic rings. The summed E-state index contributed by atoms with van der Waals surface area (Å²) in [6, 6.07) is 2.12. The second-order valence-corrected chi connectivity index (χ2v) is 5.17. The number of benzene rings is 1. The summed E-state index contributed by atoms with van der Waals surface area (Å²) in [6.07, 6.45) is 2.81. The predicted molar refractivity (Wildman–Crippen MR) is 81.2 cm³/mol. The van der Waals surface area contributed by atoms with Gasteiger partial charge in [-0.3, -0.25) is 0 Å². The highest BCUT2D eigenvalue weighted by Crippen LogP contribution is 2.29. The number of halogens is 3. The number of nitrogens with two attached hydrogens (primary N) is 1. The molecule has 1 aromatic heterocycles. The molecule has 0 aliphatic carbocycles. The van der Waals surface area contributed by atoms with Gasteiger partial charge in [0.15, 0.2) is 0 Å². The van der Waals surface area contributed by atoms with Crippen molar-refractivity contribution in [3.05, 3.63) is 40.1 Å². The quantitative estimate of drug-likeness (QED) is 0.433. The predicted octanol–water partition coefficient (Wildman–Crippen LogP) is 3.50. The fourth-order valence-electron chi connectivity index (χ4n) is 1.88. The molecule has 0 atom stereocenters. The molecule has 1 aromatic carbocycles. The maximum absolute atomic E-state index is 13.8. The van der Waals surface area contributed by atoms with E-state index in [2.05, 4.69) is 36.6 Å². The van der Waals surface area contributed by atoms with Crippen molar-refractivity contribution in [3.8, 4) is 0 Å². The number of hydrazine groups is 1. The van der Waals surface area contributed by atoms with Gasteiger partial charge in [0.1, 0.15) is 29.6 Å². The largest absolute Gasteiger partial charge is 0.337 e. The summed E-state index contributed by atoms with van der Waals surface area (Å²) in [5, 5.41) is 2.85. The average Bonchev–Trinajstić information content (AvgIpc) is 2.46. The van der Waals surface area contributed by atoms with Crippen LogP contribution in [0.3, 0.4) is 0 Å². The zero-order valence-corrected chi connectivity index (χ0v) is 12.8. The van der Waals surface area contributed by atoms with Crippen molar-refractivity contribution in [1.29, 1.82) is 0 Å². The van der Waals surface area contributed by atoms with Gasteiger partial charge in [0, 0.05) is 11.6 Å². The fraction of sp³-hybridized carbons (Fsp3) is 0.231. The van der Waals surface area contributed by atoms with Crippen LogP contribution >= 0.6 is 15.9 Å². The second-order valence-electron chi connectivity index (χ2n) is 4.31. The van der Waals surface area contributed by atoms with Gasteiger partial charge in [0.25, 0.3) is 0 Å². The van der Waals surface area contributed by atoms with Gasteiger partial charge < -0.3 is 10.7 Å². The van der Waals surface area contributed by atoms with Gasteiger partial charge in [0.2, 0.25) is 0 Å². The Labute approximate surface area is 129 Å². The molecule has 0 saturated carbocycles. The van der Waals surface area contributed by atoms with E-state index in [0.717, 1.165) is 18.1 Å². The summed E-state index contributed by atoms with van der Waals surface area (Å²) in [6.45, 7) is 1.99. The number of hydrogen-bond acceptors (Lipinski definition) is 5. The standard InChI is InChI=1S/C13H14BrF2N5/c1-2-3-7-12(18-6-19-13(7)21-17)20-11-4-8(14)9(15)5-10(11)16/h4-6H,2-3,17H2,1H3,(H2,18,19,20,21). The van der Waals surface area contributed by atoms with E-state index in [-0.39, 0.29) is 10.2 Å². The van der Waals surface area contributed by atoms with Crippen LogP contribution < -0.4 is 16.6 Å². The van der Waals surface area contributed by atoms with E-state index in [9.17, 15) is 8.78 Å². The van der Waals surface area contributed by atoms with E-state index in [4.69, 9.17) is 5.84 Å². The summed E-state index contributed by atoms with van der Waals surface area (Å²) < 4.78 is 27.2. The molecule has 112 valence electrons. The van der Waals surface area contributed by atoms with Gasteiger partial charge in [-0.05, 0) is 28.4 Å². The SMILES string of the molecule is CCCc1c(NN)ncnc1Nc1cc(Br)c(F)cc1F. The average molecular weight is 358 g/mol. The van der Waals surface area contributed by atoms with Crippen molar-refractivity contribution in [2.24, 2.45) is 5.84 Å². The van der Waals surface area contributed by atoms with Crippen molar-refractivity contribution in [2.45, 2.75) is 19.8 Å². The molecule has 1 heterocycles. The molecule has 0 saturated heterocycles. The van der Waals surface area contributed by atoms with Crippen LogP contribution in [0.15, 0.2) is 22.9 Å². The summed E-state index contributed by atoms with van der Waals surface area (Å²) in [5.41, 5.74) is 3.34. The lowest BCUT2D eigenvalue weighted by molar-refractivity contribution is 0.581. The van der Waals surface area contributed by atoms with E-state index in [1.165, 1.54) is 12.4 Å². The van der Waals surface area contributed by atoms with Crippen molar-refractivity contribution < 1.29 is 8.78 Å². The van der Waals surface area contributed by atoms with E-state index in [1.54, 1.807) is 0 Å². The molecular formula is C13H14BrF2N5. The number of aromatic nitrogens is 2. The minimum Gasteiger partial charge on any atom is -0.337 e. The Morgan fingerprint density at radius 1 is 1.19 bits per heavy atom. The van der Waals surface area contributed by atoms with Gasteiger partial charge >= 0.3 is 0 Å². The van der Waals surface area contributed by atoms with Crippen molar-refractivity contribution in [2.75, 3.05) is 10.7 Å². The van der Waals surface area contributed by atoms with Crippen LogP contribution in [0, 0.1) is 11.6 Å². The van der Waals surface area contributed by atoms with E-state index < -0.39 is 11.6 Å². The number of nitrogen functional groups attached to an aromatic ring is 1. The number of anilines is 3. The maximum Gasteiger partial charge on any atom is 0.149 e. The lowest BCUT2D eigenvalue weighted by atomic mass is 10.1. The van der Waals surface area contributed by atoms with E-state index in [1.807, 2.05) is 6.92 Å². The number of rotatable bonds is 5. The van der Waals surface area contributed by atoms with Crippen LogP contribution in [0.2, 0.25) is 0 Å². The molecule has 0 bridgehead atoms. The number of nitrogens with one attached hydrogen (secondary N) is 2. The van der Waals surface area contributed by atoms with E-state index in [0.29, 0.717) is 18.1 Å². The summed E-state index contributed by atoms with van der Waals surface area (Å²) in [7, 11) is 0. The molecule has 4 N–H and O–H groups in total. The van der Waals surface area contributed by atoms with Crippen LogP contribution in [0.5, 0.6) is 0 Å². The molecule has 8 heteroatoms. The molecule has 0 unspecified atom stereocenters. The lowest BCUT2D eigenvalue weighted by Crippen LogP contribution is -2.13. The van der Waals surface area contributed by atoms with E-state index >= 15 is 0 Å². The highest BCUT2D eigenvalue weighted by atomic mass is 79.9. The molecule has 21 heavy (non-hydrogen) atoms. The van der Waals surface area contributed by atoms with Crippen molar-refractivity contribution >= 4 is 33.3 Å². The van der Waals surface area contributed by atoms with Gasteiger partial charge in [-0.2, -0.15) is 0 Å². The Bertz CT molecular complexity index is 651. The summed E-state index contributed by atoms with van der Waals surface area (Å²) >= 11 is 3.02. The fourth-order valence-corrected chi connectivity index (χ4v) is 2.22. The summed E-state index contributed by atoms with van der Waals surface area (Å²) in [4.78, 5) is 8.12. The van der Waals surface area contributed by atoms with Crippen LogP contribution in [0.25, 0.3) is 0 Å². The maximum atomic E-state index is 13.8. The Morgan fingerprint density at radius 2 is 1.90 bits per heavy atom. The molecule has 5 nitrogen and oxygen atoms in total. The minimum atomic E-state index is -0.709. The minimum absolute atomic E-state index is 0.113. The number of hydrogen-bond donors (Lipinski definition) is 3. The summed E-state index contributed by atoms with van der Waals surface area (Å²) in [5.74, 6) is 4.94. The van der Waals surface area contributed by atoms with Crippen molar-refractivity contribution in [1.82, 2.24) is 9.97 Å². The first-order valence-corrected chi connectivity index (χ1v) is 7.08. The van der Waals surface area contributed by atoms with Gasteiger partial charge in [-0.1, -0.05) is 13.3 Å². The molecule has 0 radical (unpaired) electrons. The zero-order valence-electron chi connectivity index (χ0n) is 11.3.